The molecule has 0 unspecified atom stereocenters. The lowest BCUT2D eigenvalue weighted by molar-refractivity contribution is 0.778. The molecule has 0 bridgehead atoms. The van der Waals surface area contributed by atoms with Crippen LogP contribution in [0.25, 0.3) is 0 Å². The molecule has 11 heavy (non-hydrogen) atoms. The van der Waals surface area contributed by atoms with Crippen LogP contribution in [0.2, 0.25) is 0 Å². The minimum atomic E-state index is 0.859. The predicted octanol–water partition coefficient (Wildman–Crippen LogP) is 1.57. The minimum absolute atomic E-state index is 0.859. The van der Waals surface area contributed by atoms with E-state index in [0.717, 1.165) is 18.4 Å². The lowest BCUT2D eigenvalue weighted by Crippen LogP contribution is -2.14. The Balaban J connectivity index is 2.28. The van der Waals surface area contributed by atoms with Gasteiger partial charge in [-0.15, -0.1) is 0 Å². The highest BCUT2D eigenvalue weighted by atomic mass is 79.9. The van der Waals surface area contributed by atoms with E-state index < -0.39 is 0 Å². The van der Waals surface area contributed by atoms with Crippen molar-refractivity contribution in [3.8, 4) is 0 Å². The van der Waals surface area contributed by atoms with Gasteiger partial charge in [-0.25, -0.2) is 0 Å². The molecule has 3 heteroatoms. The summed E-state index contributed by atoms with van der Waals surface area (Å²) in [5.41, 5.74) is 2.19. The van der Waals surface area contributed by atoms with Crippen LogP contribution in [0.5, 0.6) is 0 Å². The van der Waals surface area contributed by atoms with Crippen LogP contribution in [0.4, 0.5) is 0 Å². The summed E-state index contributed by atoms with van der Waals surface area (Å²) in [5.74, 6) is 0. The smallest absolute Gasteiger partial charge is 0.0517 e. The van der Waals surface area contributed by atoms with Crippen molar-refractivity contribution in [1.29, 1.82) is 0 Å². The molecule has 60 valence electrons. The molecule has 1 aromatic rings. The maximum atomic E-state index is 3.94. The normalized spacial score (nSPS) is 9.91. The van der Waals surface area contributed by atoms with Crippen LogP contribution < -0.4 is 5.32 Å². The van der Waals surface area contributed by atoms with Gasteiger partial charge in [-0.05, 0) is 30.7 Å². The fourth-order valence-corrected chi connectivity index (χ4v) is 1.13. The average molecular weight is 215 g/mol. The molecule has 0 aliphatic heterocycles. The largest absolute Gasteiger partial charge is 0.307 e. The molecule has 1 N–H and O–H groups in total. The van der Waals surface area contributed by atoms with Gasteiger partial charge in [0, 0.05) is 12.4 Å². The van der Waals surface area contributed by atoms with Gasteiger partial charge in [-0.2, -0.15) is 0 Å². The average Bonchev–Trinajstić information content (AvgIpc) is 2.07. The van der Waals surface area contributed by atoms with E-state index in [1.54, 1.807) is 0 Å². The van der Waals surface area contributed by atoms with Gasteiger partial charge in [0.1, 0.15) is 0 Å². The Morgan fingerprint density at radius 2 is 2.09 bits per heavy atom. The van der Waals surface area contributed by atoms with Crippen LogP contribution in [-0.2, 0) is 6.42 Å². The summed E-state index contributed by atoms with van der Waals surface area (Å²) in [7, 11) is 0. The molecule has 1 rings (SSSR count). The van der Waals surface area contributed by atoms with Crippen LogP contribution in [0.3, 0.4) is 0 Å². The van der Waals surface area contributed by atoms with Gasteiger partial charge in [0.15, 0.2) is 0 Å². The van der Waals surface area contributed by atoms with Gasteiger partial charge in [0.25, 0.3) is 0 Å². The first-order valence-electron chi connectivity index (χ1n) is 3.59. The Kier molecular flexibility index (Phi) is 4.16. The monoisotopic (exact) mass is 214 g/mol. The van der Waals surface area contributed by atoms with Crippen molar-refractivity contribution >= 4 is 15.9 Å². The molecule has 2 nitrogen and oxygen atoms in total. The fraction of sp³-hybridized carbons (Fsp3) is 0.375. The second-order valence-electron chi connectivity index (χ2n) is 2.24. The third kappa shape index (κ3) is 3.49. The van der Waals surface area contributed by atoms with Crippen molar-refractivity contribution < 1.29 is 0 Å². The first-order valence-corrected chi connectivity index (χ1v) is 4.71. The Morgan fingerprint density at radius 1 is 1.36 bits per heavy atom. The van der Waals surface area contributed by atoms with Crippen LogP contribution in [0.15, 0.2) is 24.5 Å². The van der Waals surface area contributed by atoms with E-state index in [2.05, 4.69) is 26.2 Å². The zero-order chi connectivity index (χ0) is 7.94. The van der Waals surface area contributed by atoms with Crippen molar-refractivity contribution in [2.45, 2.75) is 6.42 Å². The molecular formula is C8H11BrN2. The number of halogens is 1. The summed E-state index contributed by atoms with van der Waals surface area (Å²) >= 11 is 3.30. The second kappa shape index (κ2) is 5.27. The Hall–Kier alpha value is -0.410. The highest BCUT2D eigenvalue weighted by molar-refractivity contribution is 9.09. The van der Waals surface area contributed by atoms with E-state index in [1.807, 2.05) is 24.5 Å². The van der Waals surface area contributed by atoms with E-state index >= 15 is 0 Å². The van der Waals surface area contributed by atoms with Gasteiger partial charge < -0.3 is 5.32 Å². The van der Waals surface area contributed by atoms with Gasteiger partial charge in [0.05, 0.1) is 5.45 Å². The standard InChI is InChI=1S/C8H11BrN2/c9-7-11-6-3-8-1-4-10-5-2-8/h1-2,4-5,11H,3,6-7H2. The molecule has 0 aliphatic rings. The lowest BCUT2D eigenvalue weighted by Gasteiger charge is -1.99. The highest BCUT2D eigenvalue weighted by Gasteiger charge is 1.89. The van der Waals surface area contributed by atoms with Crippen LogP contribution in [0, 0.1) is 0 Å². The molecule has 0 spiro atoms. The maximum absolute atomic E-state index is 3.94. The van der Waals surface area contributed by atoms with E-state index in [0.29, 0.717) is 0 Å². The number of alkyl halides is 1. The molecular weight excluding hydrogens is 204 g/mol. The summed E-state index contributed by atoms with van der Waals surface area (Å²) < 4.78 is 0. The quantitative estimate of drug-likeness (QED) is 0.468. The number of pyridine rings is 1. The Bertz CT molecular complexity index is 189. The summed E-state index contributed by atoms with van der Waals surface area (Å²) in [6.45, 7) is 1.01. The number of nitrogens with one attached hydrogen (secondary N) is 1. The van der Waals surface area contributed by atoms with Crippen molar-refractivity contribution in [1.82, 2.24) is 10.3 Å². The molecule has 0 saturated carbocycles. The molecule has 0 radical (unpaired) electrons. The zero-order valence-corrected chi connectivity index (χ0v) is 7.84. The van der Waals surface area contributed by atoms with Crippen molar-refractivity contribution in [2.24, 2.45) is 0 Å². The maximum Gasteiger partial charge on any atom is 0.0517 e. The summed E-state index contributed by atoms with van der Waals surface area (Å²) in [6, 6.07) is 4.08. The number of hydrogen-bond donors (Lipinski definition) is 1. The Morgan fingerprint density at radius 3 is 2.73 bits per heavy atom. The van der Waals surface area contributed by atoms with E-state index in [4.69, 9.17) is 0 Å². The second-order valence-corrected chi connectivity index (χ2v) is 2.80. The van der Waals surface area contributed by atoms with E-state index in [-0.39, 0.29) is 0 Å². The first kappa shape index (κ1) is 8.68. The predicted molar refractivity (Wildman–Crippen MR) is 49.7 cm³/mol. The number of nitrogens with zero attached hydrogens (tertiary/aromatic N) is 1. The highest BCUT2D eigenvalue weighted by Crippen LogP contribution is 1.95. The number of aromatic nitrogens is 1. The third-order valence-corrected chi connectivity index (χ3v) is 1.83. The zero-order valence-electron chi connectivity index (χ0n) is 6.26. The van der Waals surface area contributed by atoms with Gasteiger partial charge in [-0.1, -0.05) is 15.9 Å². The lowest BCUT2D eigenvalue weighted by atomic mass is 10.2. The number of hydrogen-bond acceptors (Lipinski definition) is 2. The first-order chi connectivity index (χ1) is 5.43. The minimum Gasteiger partial charge on any atom is -0.307 e. The number of rotatable bonds is 4. The van der Waals surface area contributed by atoms with Gasteiger partial charge >= 0.3 is 0 Å². The van der Waals surface area contributed by atoms with Crippen LogP contribution >= 0.6 is 15.9 Å². The van der Waals surface area contributed by atoms with Crippen molar-refractivity contribution in [3.63, 3.8) is 0 Å². The molecule has 0 atom stereocenters. The molecule has 0 aromatic carbocycles. The molecule has 1 heterocycles. The van der Waals surface area contributed by atoms with Crippen LogP contribution in [-0.4, -0.2) is 17.0 Å². The Labute approximate surface area is 75.2 Å². The van der Waals surface area contributed by atoms with E-state index in [1.165, 1.54) is 5.56 Å². The molecule has 0 saturated heterocycles. The van der Waals surface area contributed by atoms with E-state index in [9.17, 15) is 0 Å². The summed E-state index contributed by atoms with van der Waals surface area (Å²) in [6.07, 6.45) is 4.71. The van der Waals surface area contributed by atoms with Gasteiger partial charge in [0.2, 0.25) is 0 Å². The fourth-order valence-electron chi connectivity index (χ4n) is 0.849. The van der Waals surface area contributed by atoms with Crippen molar-refractivity contribution in [3.05, 3.63) is 30.1 Å². The SMILES string of the molecule is BrCNCCc1ccncc1. The molecule has 1 aromatic heterocycles. The van der Waals surface area contributed by atoms with Crippen molar-refractivity contribution in [2.75, 3.05) is 12.0 Å². The summed E-state index contributed by atoms with van der Waals surface area (Å²) in [5, 5.41) is 3.19. The summed E-state index contributed by atoms with van der Waals surface area (Å²) in [4.78, 5) is 3.94. The van der Waals surface area contributed by atoms with Crippen LogP contribution in [0.1, 0.15) is 5.56 Å². The molecule has 0 amide bonds. The molecule has 0 aliphatic carbocycles. The third-order valence-electron chi connectivity index (χ3n) is 1.43. The topological polar surface area (TPSA) is 24.9 Å². The van der Waals surface area contributed by atoms with Gasteiger partial charge in [-0.3, -0.25) is 4.98 Å². The molecule has 0 fully saturated rings.